The van der Waals surface area contributed by atoms with Crippen LogP contribution in [0, 0.1) is 5.92 Å². The molecule has 0 saturated carbocycles. The van der Waals surface area contributed by atoms with Crippen LogP contribution in [0.25, 0.3) is 11.3 Å². The first-order chi connectivity index (χ1) is 9.85. The molecule has 1 aromatic heterocycles. The lowest BCUT2D eigenvalue weighted by atomic mass is 10.0. The second-order valence-corrected chi connectivity index (χ2v) is 5.10. The average Bonchev–Trinajstić information content (AvgIpc) is 3.00. The number of aromatic nitrogens is 2. The van der Waals surface area contributed by atoms with Gasteiger partial charge in [-0.25, -0.2) is 9.97 Å². The zero-order valence-electron chi connectivity index (χ0n) is 11.7. The molecule has 0 amide bonds. The third kappa shape index (κ3) is 2.96. The molecule has 1 fully saturated rings. The van der Waals surface area contributed by atoms with E-state index in [4.69, 9.17) is 9.72 Å². The predicted molar refractivity (Wildman–Crippen MR) is 79.6 cm³/mol. The fourth-order valence-corrected chi connectivity index (χ4v) is 2.48. The smallest absolute Gasteiger partial charge is 0.131 e. The van der Waals surface area contributed by atoms with Crippen LogP contribution in [0.5, 0.6) is 0 Å². The highest BCUT2D eigenvalue weighted by molar-refractivity contribution is 5.62. The Labute approximate surface area is 119 Å². The molecule has 0 bridgehead atoms. The molecule has 1 aliphatic rings. The van der Waals surface area contributed by atoms with Gasteiger partial charge in [0, 0.05) is 38.3 Å². The fourth-order valence-electron chi connectivity index (χ4n) is 2.48. The second kappa shape index (κ2) is 6.01. The summed E-state index contributed by atoms with van der Waals surface area (Å²) in [6.45, 7) is 1.69. The van der Waals surface area contributed by atoms with Crippen molar-refractivity contribution >= 4 is 5.82 Å². The molecule has 4 heteroatoms. The van der Waals surface area contributed by atoms with E-state index in [0.717, 1.165) is 49.0 Å². The maximum atomic E-state index is 5.43. The van der Waals surface area contributed by atoms with Crippen LogP contribution in [0.4, 0.5) is 5.82 Å². The van der Waals surface area contributed by atoms with E-state index >= 15 is 0 Å². The summed E-state index contributed by atoms with van der Waals surface area (Å²) in [6, 6.07) is 12.2. The molecule has 0 spiro atoms. The number of hydrogen-bond donors (Lipinski definition) is 1. The minimum atomic E-state index is 0.547. The van der Waals surface area contributed by atoms with E-state index in [1.807, 2.05) is 31.3 Å². The van der Waals surface area contributed by atoms with E-state index in [1.54, 1.807) is 0 Å². The van der Waals surface area contributed by atoms with Gasteiger partial charge in [-0.05, 0) is 12.3 Å². The number of benzene rings is 1. The lowest BCUT2D eigenvalue weighted by Gasteiger charge is -2.10. The SMILES string of the molecule is CNc1cc(-c2ccccc2)nc(CC2CCOC2)n1. The molecule has 0 aliphatic carbocycles. The standard InChI is InChI=1S/C16H19N3O/c1-17-15-10-14(13-5-3-2-4-6-13)18-16(19-15)9-12-7-8-20-11-12/h2-6,10,12H,7-9,11H2,1H3,(H,17,18,19). The van der Waals surface area contributed by atoms with E-state index in [2.05, 4.69) is 22.4 Å². The van der Waals surface area contributed by atoms with Gasteiger partial charge in [-0.2, -0.15) is 0 Å². The molecule has 104 valence electrons. The zero-order chi connectivity index (χ0) is 13.8. The molecule has 1 atom stereocenters. The molecule has 1 aliphatic heterocycles. The van der Waals surface area contributed by atoms with Gasteiger partial charge in [0.2, 0.25) is 0 Å². The number of nitrogens with one attached hydrogen (secondary N) is 1. The summed E-state index contributed by atoms with van der Waals surface area (Å²) in [5.74, 6) is 2.31. The minimum absolute atomic E-state index is 0.547. The number of hydrogen-bond acceptors (Lipinski definition) is 4. The predicted octanol–water partition coefficient (Wildman–Crippen LogP) is 2.76. The van der Waals surface area contributed by atoms with E-state index in [0.29, 0.717) is 5.92 Å². The van der Waals surface area contributed by atoms with Crippen LogP contribution in [0.3, 0.4) is 0 Å². The van der Waals surface area contributed by atoms with Gasteiger partial charge in [-0.15, -0.1) is 0 Å². The third-order valence-corrected chi connectivity index (χ3v) is 3.59. The molecule has 20 heavy (non-hydrogen) atoms. The second-order valence-electron chi connectivity index (χ2n) is 5.10. The van der Waals surface area contributed by atoms with Crippen LogP contribution >= 0.6 is 0 Å². The van der Waals surface area contributed by atoms with Crippen molar-refractivity contribution in [2.75, 3.05) is 25.6 Å². The molecule has 1 saturated heterocycles. The lowest BCUT2D eigenvalue weighted by molar-refractivity contribution is 0.185. The lowest BCUT2D eigenvalue weighted by Crippen LogP contribution is -2.09. The van der Waals surface area contributed by atoms with Crippen molar-refractivity contribution in [3.05, 3.63) is 42.2 Å². The molecular weight excluding hydrogens is 250 g/mol. The molecular formula is C16H19N3O. The van der Waals surface area contributed by atoms with Crippen LogP contribution in [-0.2, 0) is 11.2 Å². The van der Waals surface area contributed by atoms with Crippen molar-refractivity contribution in [3.63, 3.8) is 0 Å². The molecule has 0 radical (unpaired) electrons. The van der Waals surface area contributed by atoms with Crippen molar-refractivity contribution in [1.29, 1.82) is 0 Å². The van der Waals surface area contributed by atoms with E-state index in [9.17, 15) is 0 Å². The summed E-state index contributed by atoms with van der Waals surface area (Å²) in [6.07, 6.45) is 1.99. The Bertz CT molecular complexity index is 565. The molecule has 1 aromatic carbocycles. The van der Waals surface area contributed by atoms with Gasteiger partial charge in [-0.1, -0.05) is 30.3 Å². The van der Waals surface area contributed by atoms with Crippen molar-refractivity contribution in [2.24, 2.45) is 5.92 Å². The Morgan fingerprint density at radius 1 is 1.25 bits per heavy atom. The maximum absolute atomic E-state index is 5.43. The highest BCUT2D eigenvalue weighted by Crippen LogP contribution is 2.22. The maximum Gasteiger partial charge on any atom is 0.131 e. The van der Waals surface area contributed by atoms with Gasteiger partial charge in [0.05, 0.1) is 5.69 Å². The van der Waals surface area contributed by atoms with Crippen molar-refractivity contribution in [3.8, 4) is 11.3 Å². The summed E-state index contributed by atoms with van der Waals surface area (Å²) in [7, 11) is 1.89. The number of anilines is 1. The zero-order valence-corrected chi connectivity index (χ0v) is 11.7. The average molecular weight is 269 g/mol. The monoisotopic (exact) mass is 269 g/mol. The van der Waals surface area contributed by atoms with Crippen LogP contribution < -0.4 is 5.32 Å². The van der Waals surface area contributed by atoms with Crippen molar-refractivity contribution in [2.45, 2.75) is 12.8 Å². The third-order valence-electron chi connectivity index (χ3n) is 3.59. The van der Waals surface area contributed by atoms with Gasteiger partial charge in [0.15, 0.2) is 0 Å². The van der Waals surface area contributed by atoms with Gasteiger partial charge < -0.3 is 10.1 Å². The summed E-state index contributed by atoms with van der Waals surface area (Å²) in [5, 5.41) is 3.12. The minimum Gasteiger partial charge on any atom is -0.381 e. The van der Waals surface area contributed by atoms with Crippen LogP contribution in [0.15, 0.2) is 36.4 Å². The molecule has 2 heterocycles. The van der Waals surface area contributed by atoms with Gasteiger partial charge in [0.25, 0.3) is 0 Å². The Hall–Kier alpha value is -1.94. The number of rotatable bonds is 4. The Morgan fingerprint density at radius 2 is 2.10 bits per heavy atom. The molecule has 1 N–H and O–H groups in total. The first-order valence-corrected chi connectivity index (χ1v) is 7.04. The van der Waals surface area contributed by atoms with Gasteiger partial charge in [-0.3, -0.25) is 0 Å². The topological polar surface area (TPSA) is 47.0 Å². The molecule has 4 nitrogen and oxygen atoms in total. The van der Waals surface area contributed by atoms with Crippen molar-refractivity contribution in [1.82, 2.24) is 9.97 Å². The van der Waals surface area contributed by atoms with Gasteiger partial charge >= 0.3 is 0 Å². The fraction of sp³-hybridized carbons (Fsp3) is 0.375. The summed E-state index contributed by atoms with van der Waals surface area (Å²) in [5.41, 5.74) is 2.09. The van der Waals surface area contributed by atoms with E-state index < -0.39 is 0 Å². The molecule has 2 aromatic rings. The Morgan fingerprint density at radius 3 is 2.80 bits per heavy atom. The summed E-state index contributed by atoms with van der Waals surface area (Å²) in [4.78, 5) is 9.27. The summed E-state index contributed by atoms with van der Waals surface area (Å²) < 4.78 is 5.43. The first-order valence-electron chi connectivity index (χ1n) is 7.04. The molecule has 3 rings (SSSR count). The van der Waals surface area contributed by atoms with Crippen LogP contribution in [-0.4, -0.2) is 30.2 Å². The number of ether oxygens (including phenoxy) is 1. The Kier molecular flexibility index (Phi) is 3.92. The van der Waals surface area contributed by atoms with Crippen LogP contribution in [0.1, 0.15) is 12.2 Å². The normalized spacial score (nSPS) is 18.1. The van der Waals surface area contributed by atoms with Gasteiger partial charge in [0.1, 0.15) is 11.6 Å². The first kappa shape index (κ1) is 13.1. The highest BCUT2D eigenvalue weighted by atomic mass is 16.5. The van der Waals surface area contributed by atoms with E-state index in [1.165, 1.54) is 0 Å². The van der Waals surface area contributed by atoms with Crippen molar-refractivity contribution < 1.29 is 4.74 Å². The number of nitrogens with zero attached hydrogens (tertiary/aromatic N) is 2. The summed E-state index contributed by atoms with van der Waals surface area (Å²) >= 11 is 0. The molecule has 1 unspecified atom stereocenters. The van der Waals surface area contributed by atoms with Crippen LogP contribution in [0.2, 0.25) is 0 Å². The quantitative estimate of drug-likeness (QED) is 0.927. The largest absolute Gasteiger partial charge is 0.381 e. The Balaban J connectivity index is 1.90. The highest BCUT2D eigenvalue weighted by Gasteiger charge is 2.18. The van der Waals surface area contributed by atoms with E-state index in [-0.39, 0.29) is 0 Å².